The number of amides is 1. The van der Waals surface area contributed by atoms with Crippen LogP contribution in [0.5, 0.6) is 0 Å². The van der Waals surface area contributed by atoms with Crippen molar-refractivity contribution in [1.29, 1.82) is 0 Å². The number of thiophene rings is 1. The molecule has 2 heterocycles. The van der Waals surface area contributed by atoms with Gasteiger partial charge < -0.3 is 10.1 Å². The highest BCUT2D eigenvalue weighted by Gasteiger charge is 2.05. The summed E-state index contributed by atoms with van der Waals surface area (Å²) in [6.07, 6.45) is 4.70. The maximum Gasteiger partial charge on any atom is 0.246 e. The van der Waals surface area contributed by atoms with E-state index in [1.807, 2.05) is 26.4 Å². The number of nitrogens with zero attached hydrogens (tertiary/aromatic N) is 2. The summed E-state index contributed by atoms with van der Waals surface area (Å²) in [5.74, 6) is -0.0594. The highest BCUT2D eigenvalue weighted by Crippen LogP contribution is 2.27. The summed E-state index contributed by atoms with van der Waals surface area (Å²) in [7, 11) is 1.91. The van der Waals surface area contributed by atoms with E-state index in [0.717, 1.165) is 12.0 Å². The third-order valence-corrected chi connectivity index (χ3v) is 3.98. The van der Waals surface area contributed by atoms with Crippen molar-refractivity contribution in [1.82, 2.24) is 15.1 Å². The molecule has 20 heavy (non-hydrogen) atoms. The quantitative estimate of drug-likeness (QED) is 0.847. The molecule has 0 fully saturated rings. The summed E-state index contributed by atoms with van der Waals surface area (Å²) < 4.78 is 6.84. The zero-order valence-electron chi connectivity index (χ0n) is 11.8. The maximum absolute atomic E-state index is 11.4. The first-order valence-corrected chi connectivity index (χ1v) is 7.43. The van der Waals surface area contributed by atoms with E-state index in [-0.39, 0.29) is 12.5 Å². The van der Waals surface area contributed by atoms with Gasteiger partial charge >= 0.3 is 0 Å². The van der Waals surface area contributed by atoms with Crippen molar-refractivity contribution in [2.24, 2.45) is 7.05 Å². The molecule has 0 aliphatic carbocycles. The molecule has 0 saturated heterocycles. The van der Waals surface area contributed by atoms with Gasteiger partial charge in [-0.2, -0.15) is 5.10 Å². The van der Waals surface area contributed by atoms with Crippen LogP contribution in [-0.4, -0.2) is 35.4 Å². The number of ether oxygens (including phenoxy) is 1. The third kappa shape index (κ3) is 4.18. The van der Waals surface area contributed by atoms with Gasteiger partial charge in [0.15, 0.2) is 0 Å². The molecule has 5 nitrogen and oxygen atoms in total. The number of carbonyl (C=O) groups is 1. The van der Waals surface area contributed by atoms with Crippen LogP contribution in [0.3, 0.4) is 0 Å². The normalized spacial score (nSPS) is 10.7. The van der Waals surface area contributed by atoms with Crippen molar-refractivity contribution in [3.63, 3.8) is 0 Å². The Labute approximate surface area is 122 Å². The number of hydrogen-bond acceptors (Lipinski definition) is 4. The van der Waals surface area contributed by atoms with Crippen LogP contribution >= 0.6 is 11.3 Å². The van der Waals surface area contributed by atoms with E-state index in [2.05, 4.69) is 22.5 Å². The SMILES string of the molecule is CCOCC(=O)NCCc1ccc(-c2cnn(C)c2)s1. The van der Waals surface area contributed by atoms with Gasteiger partial charge in [0, 0.05) is 41.7 Å². The molecule has 0 aromatic carbocycles. The first kappa shape index (κ1) is 14.7. The molecular formula is C14H19N3O2S. The summed E-state index contributed by atoms with van der Waals surface area (Å²) >= 11 is 1.73. The molecule has 0 atom stereocenters. The molecule has 0 aliphatic rings. The van der Waals surface area contributed by atoms with Crippen molar-refractivity contribution >= 4 is 17.2 Å². The Morgan fingerprint density at radius 3 is 3.05 bits per heavy atom. The monoisotopic (exact) mass is 293 g/mol. The van der Waals surface area contributed by atoms with Crippen LogP contribution in [0.1, 0.15) is 11.8 Å². The van der Waals surface area contributed by atoms with Gasteiger partial charge in [-0.15, -0.1) is 11.3 Å². The fourth-order valence-electron chi connectivity index (χ4n) is 1.79. The molecule has 1 amide bonds. The Balaban J connectivity index is 1.80. The van der Waals surface area contributed by atoms with Crippen LogP contribution in [0.15, 0.2) is 24.5 Å². The Morgan fingerprint density at radius 2 is 2.35 bits per heavy atom. The Kier molecular flexibility index (Phi) is 5.31. The number of aromatic nitrogens is 2. The molecule has 0 unspecified atom stereocenters. The van der Waals surface area contributed by atoms with E-state index >= 15 is 0 Å². The van der Waals surface area contributed by atoms with E-state index in [0.29, 0.717) is 13.2 Å². The van der Waals surface area contributed by atoms with Crippen LogP contribution in [0.2, 0.25) is 0 Å². The van der Waals surface area contributed by atoms with Crippen LogP contribution in [-0.2, 0) is 23.0 Å². The first-order valence-electron chi connectivity index (χ1n) is 6.61. The van der Waals surface area contributed by atoms with E-state index in [9.17, 15) is 4.79 Å². The fraction of sp³-hybridized carbons (Fsp3) is 0.429. The second kappa shape index (κ2) is 7.21. The van der Waals surface area contributed by atoms with Crippen molar-refractivity contribution in [2.45, 2.75) is 13.3 Å². The summed E-state index contributed by atoms with van der Waals surface area (Å²) in [5, 5.41) is 7.01. The number of rotatable bonds is 7. The third-order valence-electron chi connectivity index (χ3n) is 2.78. The minimum atomic E-state index is -0.0594. The highest BCUT2D eigenvalue weighted by atomic mass is 32.1. The zero-order valence-corrected chi connectivity index (χ0v) is 12.6. The second-order valence-electron chi connectivity index (χ2n) is 4.41. The predicted octanol–water partition coefficient (Wildman–Crippen LogP) is 1.84. The number of nitrogens with one attached hydrogen (secondary N) is 1. The van der Waals surface area contributed by atoms with Crippen LogP contribution in [0, 0.1) is 0 Å². The molecule has 0 radical (unpaired) electrons. The standard InChI is InChI=1S/C14H19N3O2S/c1-3-19-10-14(18)15-7-6-12-4-5-13(20-12)11-8-16-17(2)9-11/h4-5,8-9H,3,6-7,10H2,1-2H3,(H,15,18). The van der Waals surface area contributed by atoms with Gasteiger partial charge in [0.2, 0.25) is 5.91 Å². The van der Waals surface area contributed by atoms with Gasteiger partial charge in [0.25, 0.3) is 0 Å². The fourth-order valence-corrected chi connectivity index (χ4v) is 2.77. The van der Waals surface area contributed by atoms with E-state index in [1.54, 1.807) is 16.0 Å². The molecule has 0 bridgehead atoms. The summed E-state index contributed by atoms with van der Waals surface area (Å²) in [5.41, 5.74) is 1.13. The van der Waals surface area contributed by atoms with Crippen LogP contribution in [0.25, 0.3) is 10.4 Å². The lowest BCUT2D eigenvalue weighted by molar-refractivity contribution is -0.125. The summed E-state index contributed by atoms with van der Waals surface area (Å²) in [6, 6.07) is 4.20. The average Bonchev–Trinajstić information content (AvgIpc) is 3.05. The Morgan fingerprint density at radius 1 is 1.50 bits per heavy atom. The second-order valence-corrected chi connectivity index (χ2v) is 5.57. The molecule has 1 N–H and O–H groups in total. The van der Waals surface area contributed by atoms with E-state index < -0.39 is 0 Å². The molecule has 2 rings (SSSR count). The lowest BCUT2D eigenvalue weighted by Gasteiger charge is -2.03. The van der Waals surface area contributed by atoms with Gasteiger partial charge in [-0.05, 0) is 25.5 Å². The van der Waals surface area contributed by atoms with E-state index in [4.69, 9.17) is 4.74 Å². The Bertz CT molecular complexity index is 562. The minimum absolute atomic E-state index is 0.0594. The number of aryl methyl sites for hydroxylation is 1. The van der Waals surface area contributed by atoms with Gasteiger partial charge in [-0.3, -0.25) is 9.48 Å². The van der Waals surface area contributed by atoms with E-state index in [1.165, 1.54) is 9.75 Å². The van der Waals surface area contributed by atoms with Crippen LogP contribution < -0.4 is 5.32 Å². The van der Waals surface area contributed by atoms with Crippen LogP contribution in [0.4, 0.5) is 0 Å². The lowest BCUT2D eigenvalue weighted by Crippen LogP contribution is -2.29. The smallest absolute Gasteiger partial charge is 0.246 e. The molecule has 0 saturated carbocycles. The van der Waals surface area contributed by atoms with Gasteiger partial charge in [-0.25, -0.2) is 0 Å². The molecule has 2 aromatic heterocycles. The largest absolute Gasteiger partial charge is 0.372 e. The maximum atomic E-state index is 11.4. The average molecular weight is 293 g/mol. The molecule has 0 aliphatic heterocycles. The van der Waals surface area contributed by atoms with Gasteiger partial charge in [0.05, 0.1) is 6.20 Å². The van der Waals surface area contributed by atoms with Crippen molar-refractivity contribution in [2.75, 3.05) is 19.8 Å². The molecule has 2 aromatic rings. The number of hydrogen-bond donors (Lipinski definition) is 1. The van der Waals surface area contributed by atoms with Gasteiger partial charge in [-0.1, -0.05) is 0 Å². The zero-order chi connectivity index (χ0) is 14.4. The van der Waals surface area contributed by atoms with Crippen molar-refractivity contribution < 1.29 is 9.53 Å². The molecule has 0 spiro atoms. The molecule has 6 heteroatoms. The first-order chi connectivity index (χ1) is 9.69. The molecular weight excluding hydrogens is 274 g/mol. The summed E-state index contributed by atoms with van der Waals surface area (Å²) in [4.78, 5) is 13.8. The predicted molar refractivity (Wildman–Crippen MR) is 79.7 cm³/mol. The lowest BCUT2D eigenvalue weighted by atomic mass is 10.3. The van der Waals surface area contributed by atoms with Gasteiger partial charge in [0.1, 0.15) is 6.61 Å². The minimum Gasteiger partial charge on any atom is -0.372 e. The van der Waals surface area contributed by atoms with Crippen molar-refractivity contribution in [3.8, 4) is 10.4 Å². The Hall–Kier alpha value is -1.66. The molecule has 108 valence electrons. The van der Waals surface area contributed by atoms with Crippen molar-refractivity contribution in [3.05, 3.63) is 29.4 Å². The highest BCUT2D eigenvalue weighted by molar-refractivity contribution is 7.15. The topological polar surface area (TPSA) is 56.1 Å². The number of carbonyl (C=O) groups excluding carboxylic acids is 1. The summed E-state index contributed by atoms with van der Waals surface area (Å²) in [6.45, 7) is 3.21.